The van der Waals surface area contributed by atoms with Gasteiger partial charge in [0.1, 0.15) is 28.6 Å². The maximum atomic E-state index is 13.9. The van der Waals surface area contributed by atoms with Gasteiger partial charge >= 0.3 is 0 Å². The van der Waals surface area contributed by atoms with Crippen LogP contribution in [0, 0.1) is 13.8 Å². The number of Topliss-reactive ketones (excluding diaryl/α,β-unsaturated/α-hetero) is 1. The second kappa shape index (κ2) is 12.4. The first-order chi connectivity index (χ1) is 22.3. The minimum Gasteiger partial charge on any atom is -0.496 e. The third-order valence-electron chi connectivity index (χ3n) is 8.29. The molecule has 0 spiro atoms. The molecule has 6 aromatic rings. The highest BCUT2D eigenvalue weighted by Gasteiger charge is 2.27. The number of carbonyl (C=O) groups is 2. The lowest BCUT2D eigenvalue weighted by Crippen LogP contribution is -2.30. The molecule has 9 heteroatoms. The number of H-pyrrole nitrogens is 2. The number of carbonyl (C=O) groups excluding carboxylic acids is 2. The lowest BCUT2D eigenvalue weighted by Gasteiger charge is -2.15. The average molecular weight is 618 g/mol. The van der Waals surface area contributed by atoms with E-state index in [2.05, 4.69) is 15.3 Å². The number of methoxy groups -OCH3 is 4. The van der Waals surface area contributed by atoms with E-state index in [1.54, 1.807) is 26.4 Å². The first-order valence-electron chi connectivity index (χ1n) is 14.8. The number of aromatic amines is 2. The van der Waals surface area contributed by atoms with Crippen LogP contribution in [0.2, 0.25) is 0 Å². The maximum Gasteiger partial charge on any atom is 0.257 e. The highest BCUT2D eigenvalue weighted by Crippen LogP contribution is 2.43. The number of ketones is 1. The minimum absolute atomic E-state index is 0.262. The molecule has 9 nitrogen and oxygen atoms in total. The van der Waals surface area contributed by atoms with Crippen LogP contribution in [0.5, 0.6) is 23.0 Å². The first-order valence-corrected chi connectivity index (χ1v) is 14.8. The van der Waals surface area contributed by atoms with Crippen LogP contribution in [0.4, 0.5) is 0 Å². The second-order valence-electron chi connectivity index (χ2n) is 11.1. The number of aromatic nitrogens is 2. The van der Waals surface area contributed by atoms with Crippen molar-refractivity contribution in [3.63, 3.8) is 0 Å². The summed E-state index contributed by atoms with van der Waals surface area (Å²) >= 11 is 0. The van der Waals surface area contributed by atoms with E-state index in [0.29, 0.717) is 39.6 Å². The molecule has 2 heterocycles. The van der Waals surface area contributed by atoms with Crippen molar-refractivity contribution in [2.75, 3.05) is 35.0 Å². The van der Waals surface area contributed by atoms with E-state index in [1.165, 1.54) is 14.2 Å². The fourth-order valence-electron chi connectivity index (χ4n) is 5.93. The molecule has 0 aliphatic carbocycles. The van der Waals surface area contributed by atoms with Gasteiger partial charge in [-0.05, 0) is 25.0 Å². The molecule has 3 N–H and O–H groups in total. The van der Waals surface area contributed by atoms with Crippen molar-refractivity contribution in [1.82, 2.24) is 15.3 Å². The highest BCUT2D eigenvalue weighted by molar-refractivity contribution is 6.17. The molecular weight excluding hydrogens is 582 g/mol. The summed E-state index contributed by atoms with van der Waals surface area (Å²) in [6.07, 6.45) is 3.69. The molecule has 0 bridgehead atoms. The van der Waals surface area contributed by atoms with Crippen LogP contribution in [-0.2, 0) is 0 Å². The summed E-state index contributed by atoms with van der Waals surface area (Å²) in [5.74, 6) is 0.931. The average Bonchev–Trinajstić information content (AvgIpc) is 3.72. The Morgan fingerprint density at radius 3 is 1.46 bits per heavy atom. The van der Waals surface area contributed by atoms with Crippen LogP contribution in [0.1, 0.15) is 31.8 Å². The van der Waals surface area contributed by atoms with E-state index in [9.17, 15) is 9.59 Å². The summed E-state index contributed by atoms with van der Waals surface area (Å²) in [6.45, 7) is 3.76. The number of amides is 1. The molecule has 0 aliphatic heterocycles. The minimum atomic E-state index is -0.481. The molecule has 0 aliphatic rings. The molecule has 0 saturated carbocycles. The molecule has 0 atom stereocenters. The number of nitrogens with one attached hydrogen (secondary N) is 3. The SMILES string of the molecule is COc1cc(OC)c2c(-c3ccc(C)cc3)c[nH]c2c1C(=O)CNC(=O)c1c(OC)cc(OC)c2c(-c3ccc(C)cc3)c[nH]c12. The monoisotopic (exact) mass is 617 g/mol. The molecule has 0 radical (unpaired) electrons. The van der Waals surface area contributed by atoms with E-state index in [-0.39, 0.29) is 17.9 Å². The van der Waals surface area contributed by atoms with Gasteiger partial charge in [-0.3, -0.25) is 9.59 Å². The zero-order valence-electron chi connectivity index (χ0n) is 26.6. The van der Waals surface area contributed by atoms with Crippen LogP contribution in [0.25, 0.3) is 44.1 Å². The Kier molecular flexibility index (Phi) is 8.15. The molecule has 0 fully saturated rings. The van der Waals surface area contributed by atoms with Gasteiger partial charge in [0.15, 0.2) is 5.78 Å². The van der Waals surface area contributed by atoms with Gasteiger partial charge in [0.25, 0.3) is 5.91 Å². The lowest BCUT2D eigenvalue weighted by atomic mass is 9.98. The van der Waals surface area contributed by atoms with Gasteiger partial charge in [0.2, 0.25) is 0 Å². The summed E-state index contributed by atoms with van der Waals surface area (Å²) in [5.41, 5.74) is 7.64. The van der Waals surface area contributed by atoms with E-state index < -0.39 is 5.91 Å². The molecule has 234 valence electrons. The summed E-state index contributed by atoms with van der Waals surface area (Å²) in [6, 6.07) is 19.6. The predicted molar refractivity (Wildman–Crippen MR) is 180 cm³/mol. The fourth-order valence-corrected chi connectivity index (χ4v) is 5.93. The Balaban J connectivity index is 1.37. The Labute approximate surface area is 266 Å². The molecule has 6 rings (SSSR count). The van der Waals surface area contributed by atoms with Gasteiger partial charge in [-0.2, -0.15) is 0 Å². The number of benzene rings is 4. The Morgan fingerprint density at radius 2 is 1.02 bits per heavy atom. The standard InChI is InChI=1S/C37H35N3O6/c1-20-7-11-22(12-8-20)24-17-38-35-31(24)27(43-3)15-29(45-5)33(35)26(41)19-40-37(42)34-30(46-6)16-28(44-4)32-25(18-39-36(32)34)23-13-9-21(2)10-14-23/h7-18,38-39H,19H2,1-6H3,(H,40,42). The third-order valence-corrected chi connectivity index (χ3v) is 8.29. The van der Waals surface area contributed by atoms with Crippen molar-refractivity contribution in [1.29, 1.82) is 0 Å². The predicted octanol–water partition coefficient (Wildman–Crippen LogP) is 7.25. The summed E-state index contributed by atoms with van der Waals surface area (Å²) in [7, 11) is 6.14. The number of rotatable bonds is 10. The third kappa shape index (κ3) is 5.19. The zero-order valence-corrected chi connectivity index (χ0v) is 26.6. The van der Waals surface area contributed by atoms with Crippen LogP contribution >= 0.6 is 0 Å². The molecule has 1 amide bonds. The van der Waals surface area contributed by atoms with Crippen molar-refractivity contribution >= 4 is 33.5 Å². The van der Waals surface area contributed by atoms with Crippen LogP contribution in [0.3, 0.4) is 0 Å². The van der Waals surface area contributed by atoms with E-state index in [1.807, 2.05) is 74.8 Å². The van der Waals surface area contributed by atoms with Gasteiger partial charge in [0.05, 0.1) is 62.4 Å². The first kappa shape index (κ1) is 30.3. The zero-order chi connectivity index (χ0) is 32.5. The molecule has 0 saturated heterocycles. The number of aryl methyl sites for hydroxylation is 2. The maximum absolute atomic E-state index is 13.9. The smallest absolute Gasteiger partial charge is 0.257 e. The van der Waals surface area contributed by atoms with Gasteiger partial charge in [-0.1, -0.05) is 59.7 Å². The largest absolute Gasteiger partial charge is 0.496 e. The number of hydrogen-bond acceptors (Lipinski definition) is 6. The summed E-state index contributed by atoms with van der Waals surface area (Å²) < 4.78 is 22.7. The van der Waals surface area contributed by atoms with Crippen molar-refractivity contribution in [2.24, 2.45) is 0 Å². The number of ether oxygens (including phenoxy) is 4. The van der Waals surface area contributed by atoms with Crippen molar-refractivity contribution in [3.05, 3.63) is 95.3 Å². The Hall–Kier alpha value is -5.70. The summed E-state index contributed by atoms with van der Waals surface area (Å²) in [5, 5.41) is 4.30. The summed E-state index contributed by atoms with van der Waals surface area (Å²) in [4.78, 5) is 34.2. The van der Waals surface area contributed by atoms with Crippen LogP contribution in [0.15, 0.2) is 73.1 Å². The van der Waals surface area contributed by atoms with Crippen LogP contribution in [-0.4, -0.2) is 56.6 Å². The molecule has 0 unspecified atom stereocenters. The Morgan fingerprint density at radius 1 is 0.609 bits per heavy atom. The van der Waals surface area contributed by atoms with Gasteiger partial charge < -0.3 is 34.2 Å². The van der Waals surface area contributed by atoms with Crippen molar-refractivity contribution < 1.29 is 28.5 Å². The molecule has 4 aromatic carbocycles. The molecule has 2 aromatic heterocycles. The molecular formula is C37H35N3O6. The van der Waals surface area contributed by atoms with Gasteiger partial charge in [0, 0.05) is 35.7 Å². The quantitative estimate of drug-likeness (QED) is 0.140. The van der Waals surface area contributed by atoms with E-state index >= 15 is 0 Å². The van der Waals surface area contributed by atoms with Crippen molar-refractivity contribution in [2.45, 2.75) is 13.8 Å². The van der Waals surface area contributed by atoms with E-state index in [4.69, 9.17) is 18.9 Å². The highest BCUT2D eigenvalue weighted by atomic mass is 16.5. The number of fused-ring (bicyclic) bond motifs is 2. The van der Waals surface area contributed by atoms with Crippen LogP contribution < -0.4 is 24.3 Å². The fraction of sp³-hybridized carbons (Fsp3) is 0.189. The Bertz CT molecular complexity index is 1940. The molecule has 46 heavy (non-hydrogen) atoms. The second-order valence-corrected chi connectivity index (χ2v) is 11.1. The van der Waals surface area contributed by atoms with Gasteiger partial charge in [-0.25, -0.2) is 0 Å². The van der Waals surface area contributed by atoms with Gasteiger partial charge in [-0.15, -0.1) is 0 Å². The van der Waals surface area contributed by atoms with Crippen molar-refractivity contribution in [3.8, 4) is 45.3 Å². The lowest BCUT2D eigenvalue weighted by molar-refractivity contribution is 0.0902. The van der Waals surface area contributed by atoms with E-state index in [0.717, 1.165) is 44.2 Å². The topological polar surface area (TPSA) is 115 Å². The normalized spacial score (nSPS) is 11.1. The number of hydrogen-bond donors (Lipinski definition) is 3.